The Bertz CT molecular complexity index is 568. The van der Waals surface area contributed by atoms with Gasteiger partial charge >= 0.3 is 0 Å². The second kappa shape index (κ2) is 6.39. The third-order valence-corrected chi connectivity index (χ3v) is 5.29. The zero-order valence-electron chi connectivity index (χ0n) is 11.4. The molecule has 0 unspecified atom stereocenters. The maximum Gasteiger partial charge on any atom is 0.139 e. The van der Waals surface area contributed by atoms with E-state index in [9.17, 15) is 0 Å². The Hall–Kier alpha value is -0.690. The summed E-state index contributed by atoms with van der Waals surface area (Å²) in [5, 5.41) is 5.73. The van der Waals surface area contributed by atoms with Crippen molar-refractivity contribution < 1.29 is 4.74 Å². The number of halogens is 1. The fraction of sp³-hybridized carbons (Fsp3) is 0.500. The van der Waals surface area contributed by atoms with Crippen LogP contribution in [0, 0.1) is 0 Å². The fourth-order valence-electron chi connectivity index (χ4n) is 2.58. The number of aryl methyl sites for hydroxylation is 1. The van der Waals surface area contributed by atoms with Crippen LogP contribution in [-0.4, -0.2) is 22.2 Å². The largest absolute Gasteiger partial charge is 0.369 e. The summed E-state index contributed by atoms with van der Waals surface area (Å²) < 4.78 is 9.21. The summed E-state index contributed by atoms with van der Waals surface area (Å²) in [6, 6.07) is 2.50. The number of imidazole rings is 1. The van der Waals surface area contributed by atoms with Gasteiger partial charge in [0.25, 0.3) is 0 Å². The number of thiophene rings is 1. The van der Waals surface area contributed by atoms with Gasteiger partial charge in [0.15, 0.2) is 0 Å². The number of nitrogens with one attached hydrogen (secondary N) is 1. The molecule has 6 heteroatoms. The Morgan fingerprint density at radius 1 is 1.60 bits per heavy atom. The van der Waals surface area contributed by atoms with Crippen molar-refractivity contribution in [2.24, 2.45) is 0 Å². The van der Waals surface area contributed by atoms with E-state index >= 15 is 0 Å². The molecule has 0 spiro atoms. The lowest BCUT2D eigenvalue weighted by Gasteiger charge is -2.20. The van der Waals surface area contributed by atoms with Crippen molar-refractivity contribution in [1.82, 2.24) is 14.9 Å². The third kappa shape index (κ3) is 2.98. The van der Waals surface area contributed by atoms with E-state index in [0.29, 0.717) is 6.04 Å². The molecule has 3 heterocycles. The third-order valence-electron chi connectivity index (χ3n) is 3.59. The first-order valence-electron chi connectivity index (χ1n) is 6.87. The molecule has 1 fully saturated rings. The molecule has 3 rings (SSSR count). The van der Waals surface area contributed by atoms with Crippen LogP contribution in [0.1, 0.15) is 30.2 Å². The molecule has 1 N–H and O–H groups in total. The SMILES string of the molecule is CCn1ccnc1[C@H]1OCC[C@@H]1NCc1cc(Br)cs1. The number of aromatic nitrogens is 2. The minimum atomic E-state index is 0.0633. The van der Waals surface area contributed by atoms with Crippen LogP contribution in [0.2, 0.25) is 0 Å². The van der Waals surface area contributed by atoms with Crippen LogP contribution in [0.15, 0.2) is 28.3 Å². The van der Waals surface area contributed by atoms with Gasteiger partial charge in [0.1, 0.15) is 11.9 Å². The molecule has 20 heavy (non-hydrogen) atoms. The summed E-state index contributed by atoms with van der Waals surface area (Å²) in [5.41, 5.74) is 0. The van der Waals surface area contributed by atoms with Crippen LogP contribution in [0.5, 0.6) is 0 Å². The minimum absolute atomic E-state index is 0.0633. The number of hydrogen-bond acceptors (Lipinski definition) is 4. The molecule has 0 aromatic carbocycles. The van der Waals surface area contributed by atoms with E-state index in [2.05, 4.69) is 49.2 Å². The summed E-state index contributed by atoms with van der Waals surface area (Å²) in [7, 11) is 0. The molecular weight excluding hydrogens is 338 g/mol. The van der Waals surface area contributed by atoms with Crippen LogP contribution in [0.4, 0.5) is 0 Å². The van der Waals surface area contributed by atoms with Crippen molar-refractivity contribution in [2.45, 2.75) is 38.6 Å². The van der Waals surface area contributed by atoms with Gasteiger partial charge in [0, 0.05) is 52.9 Å². The molecular formula is C14H18BrN3OS. The Morgan fingerprint density at radius 2 is 2.50 bits per heavy atom. The lowest BCUT2D eigenvalue weighted by atomic mass is 10.1. The maximum absolute atomic E-state index is 5.89. The van der Waals surface area contributed by atoms with E-state index in [-0.39, 0.29) is 6.10 Å². The average molecular weight is 356 g/mol. The van der Waals surface area contributed by atoms with Gasteiger partial charge in [-0.25, -0.2) is 4.98 Å². The van der Waals surface area contributed by atoms with Crippen molar-refractivity contribution in [3.8, 4) is 0 Å². The van der Waals surface area contributed by atoms with Crippen molar-refractivity contribution in [3.05, 3.63) is 39.0 Å². The predicted molar refractivity (Wildman–Crippen MR) is 83.9 cm³/mol. The zero-order valence-corrected chi connectivity index (χ0v) is 13.8. The fourth-order valence-corrected chi connectivity index (χ4v) is 3.98. The first-order valence-corrected chi connectivity index (χ1v) is 8.54. The van der Waals surface area contributed by atoms with Gasteiger partial charge in [-0.15, -0.1) is 11.3 Å². The van der Waals surface area contributed by atoms with Crippen LogP contribution in [0.25, 0.3) is 0 Å². The second-order valence-electron chi connectivity index (χ2n) is 4.87. The molecule has 0 amide bonds. The Morgan fingerprint density at radius 3 is 3.25 bits per heavy atom. The normalized spacial score (nSPS) is 22.5. The molecule has 0 saturated carbocycles. The lowest BCUT2D eigenvalue weighted by Crippen LogP contribution is -2.32. The van der Waals surface area contributed by atoms with E-state index in [1.807, 2.05) is 12.4 Å². The standard InChI is InChI=1S/C14H18BrN3OS/c1-2-18-5-4-16-14(18)13-12(3-6-19-13)17-8-11-7-10(15)9-20-11/h4-5,7,9,12-13,17H,2-3,6,8H2,1H3/t12-,13-/m0/s1. The van der Waals surface area contributed by atoms with Crippen molar-refractivity contribution in [3.63, 3.8) is 0 Å². The highest BCUT2D eigenvalue weighted by Crippen LogP contribution is 2.29. The highest BCUT2D eigenvalue weighted by Gasteiger charge is 2.32. The van der Waals surface area contributed by atoms with Crippen molar-refractivity contribution >= 4 is 27.3 Å². The van der Waals surface area contributed by atoms with Gasteiger partial charge in [-0.2, -0.15) is 0 Å². The van der Waals surface area contributed by atoms with Gasteiger partial charge in [-0.05, 0) is 35.3 Å². The van der Waals surface area contributed by atoms with E-state index in [1.54, 1.807) is 11.3 Å². The Balaban J connectivity index is 1.66. The average Bonchev–Trinajstić information content (AvgIpc) is 3.15. The van der Waals surface area contributed by atoms with Crippen LogP contribution in [0.3, 0.4) is 0 Å². The maximum atomic E-state index is 5.89. The van der Waals surface area contributed by atoms with Crippen LogP contribution < -0.4 is 5.32 Å². The summed E-state index contributed by atoms with van der Waals surface area (Å²) >= 11 is 5.26. The zero-order chi connectivity index (χ0) is 13.9. The van der Waals surface area contributed by atoms with Crippen molar-refractivity contribution in [2.75, 3.05) is 6.61 Å². The van der Waals surface area contributed by atoms with E-state index < -0.39 is 0 Å². The quantitative estimate of drug-likeness (QED) is 0.893. The number of nitrogens with zero attached hydrogens (tertiary/aromatic N) is 2. The van der Waals surface area contributed by atoms with Crippen molar-refractivity contribution in [1.29, 1.82) is 0 Å². The molecule has 0 bridgehead atoms. The molecule has 0 radical (unpaired) electrons. The monoisotopic (exact) mass is 355 g/mol. The molecule has 1 saturated heterocycles. The molecule has 0 aliphatic carbocycles. The minimum Gasteiger partial charge on any atom is -0.369 e. The predicted octanol–water partition coefficient (Wildman–Crippen LogP) is 3.35. The first kappa shape index (κ1) is 14.3. The summed E-state index contributed by atoms with van der Waals surface area (Å²) in [4.78, 5) is 5.81. The number of ether oxygens (including phenoxy) is 1. The molecule has 1 aliphatic heterocycles. The summed E-state index contributed by atoms with van der Waals surface area (Å²) in [6.45, 7) is 4.74. The molecule has 2 aromatic heterocycles. The van der Waals surface area contributed by atoms with Gasteiger partial charge in [-0.3, -0.25) is 0 Å². The van der Waals surface area contributed by atoms with Crippen LogP contribution in [-0.2, 0) is 17.8 Å². The summed E-state index contributed by atoms with van der Waals surface area (Å²) in [5.74, 6) is 1.04. The number of hydrogen-bond donors (Lipinski definition) is 1. The van der Waals surface area contributed by atoms with Gasteiger partial charge in [0.2, 0.25) is 0 Å². The first-order chi connectivity index (χ1) is 9.78. The summed E-state index contributed by atoms with van der Waals surface area (Å²) in [6.07, 6.45) is 4.97. The molecule has 2 atom stereocenters. The molecule has 4 nitrogen and oxygen atoms in total. The topological polar surface area (TPSA) is 39.1 Å². The van der Waals surface area contributed by atoms with Gasteiger partial charge < -0.3 is 14.6 Å². The molecule has 2 aromatic rings. The lowest BCUT2D eigenvalue weighted by molar-refractivity contribution is 0.0886. The molecule has 1 aliphatic rings. The molecule has 108 valence electrons. The van der Waals surface area contributed by atoms with Gasteiger partial charge in [-0.1, -0.05) is 0 Å². The smallest absolute Gasteiger partial charge is 0.139 e. The highest BCUT2D eigenvalue weighted by atomic mass is 79.9. The van der Waals surface area contributed by atoms with Gasteiger partial charge in [0.05, 0.1) is 0 Å². The number of rotatable bonds is 5. The Labute approximate surface area is 131 Å². The van der Waals surface area contributed by atoms with E-state index in [1.165, 1.54) is 4.88 Å². The van der Waals surface area contributed by atoms with Crippen LogP contribution >= 0.6 is 27.3 Å². The van der Waals surface area contributed by atoms with E-state index in [4.69, 9.17) is 4.74 Å². The highest BCUT2D eigenvalue weighted by molar-refractivity contribution is 9.10. The second-order valence-corrected chi connectivity index (χ2v) is 6.78. The Kier molecular flexibility index (Phi) is 4.55. The van der Waals surface area contributed by atoms with E-state index in [0.717, 1.165) is 36.4 Å².